The van der Waals surface area contributed by atoms with Gasteiger partial charge in [-0.3, -0.25) is 19.3 Å². The molecular formula is C21H25NO4. The van der Waals surface area contributed by atoms with E-state index in [1.807, 2.05) is 12.2 Å². The van der Waals surface area contributed by atoms with Crippen LogP contribution in [0.1, 0.15) is 51.9 Å². The minimum absolute atomic E-state index is 0.134. The molecule has 1 aromatic carbocycles. The normalized spacial score (nSPS) is 21.8. The highest BCUT2D eigenvalue weighted by Gasteiger charge is 2.47. The molecule has 0 spiro atoms. The summed E-state index contributed by atoms with van der Waals surface area (Å²) in [5, 5.41) is 0. The summed E-state index contributed by atoms with van der Waals surface area (Å²) in [6.07, 6.45) is 9.71. The topological polar surface area (TPSA) is 63.7 Å². The van der Waals surface area contributed by atoms with Crippen LogP contribution in [0.5, 0.6) is 5.75 Å². The van der Waals surface area contributed by atoms with Crippen LogP contribution in [0.25, 0.3) is 0 Å². The molecule has 1 aromatic rings. The maximum Gasteiger partial charge on any atom is 0.311 e. The standard InChI is InChI=1S/C21H25NO4/c1-2-3-4-5-10-19(23)26-16-13-11-15(12-14-16)22-20(24)17-8-6-7-9-18(17)21(22)25/h6-7,11-14,17-18H,2-5,8-10H2,1H3/t17-,18-/m0/s1. The van der Waals surface area contributed by atoms with Crippen molar-refractivity contribution in [3.05, 3.63) is 36.4 Å². The first-order valence-electron chi connectivity index (χ1n) is 9.45. The van der Waals surface area contributed by atoms with Gasteiger partial charge in [-0.05, 0) is 43.5 Å². The Balaban J connectivity index is 1.60. The number of hydrogen-bond donors (Lipinski definition) is 0. The number of hydrogen-bond acceptors (Lipinski definition) is 4. The maximum absolute atomic E-state index is 12.6. The van der Waals surface area contributed by atoms with Crippen LogP contribution in [0.2, 0.25) is 0 Å². The zero-order chi connectivity index (χ0) is 18.5. The van der Waals surface area contributed by atoms with Crippen molar-refractivity contribution >= 4 is 23.5 Å². The van der Waals surface area contributed by atoms with Crippen molar-refractivity contribution in [3.8, 4) is 5.75 Å². The van der Waals surface area contributed by atoms with Crippen LogP contribution >= 0.6 is 0 Å². The Morgan fingerprint density at radius 2 is 1.62 bits per heavy atom. The summed E-state index contributed by atoms with van der Waals surface area (Å²) in [5.74, 6) is -0.567. The molecule has 5 nitrogen and oxygen atoms in total. The minimum atomic E-state index is -0.251. The number of anilines is 1. The highest BCUT2D eigenvalue weighted by molar-refractivity contribution is 6.22. The Bertz CT molecular complexity index is 681. The predicted molar refractivity (Wildman–Crippen MR) is 98.7 cm³/mol. The van der Waals surface area contributed by atoms with Gasteiger partial charge >= 0.3 is 5.97 Å². The van der Waals surface area contributed by atoms with Gasteiger partial charge in [0.1, 0.15) is 5.75 Å². The van der Waals surface area contributed by atoms with Crippen molar-refractivity contribution in [2.24, 2.45) is 11.8 Å². The summed E-state index contributed by atoms with van der Waals surface area (Å²) in [4.78, 5) is 38.3. The smallest absolute Gasteiger partial charge is 0.311 e. The van der Waals surface area contributed by atoms with E-state index in [1.165, 1.54) is 4.90 Å². The van der Waals surface area contributed by atoms with Gasteiger partial charge in [0, 0.05) is 6.42 Å². The van der Waals surface area contributed by atoms with Crippen LogP contribution in [0, 0.1) is 11.8 Å². The van der Waals surface area contributed by atoms with E-state index in [1.54, 1.807) is 24.3 Å². The number of benzene rings is 1. The molecule has 3 rings (SSSR count). The first-order valence-corrected chi connectivity index (χ1v) is 9.45. The van der Waals surface area contributed by atoms with Gasteiger partial charge in [-0.25, -0.2) is 0 Å². The minimum Gasteiger partial charge on any atom is -0.427 e. The molecule has 0 aromatic heterocycles. The quantitative estimate of drug-likeness (QED) is 0.244. The van der Waals surface area contributed by atoms with Gasteiger partial charge in [0.2, 0.25) is 11.8 Å². The van der Waals surface area contributed by atoms with Crippen molar-refractivity contribution in [2.75, 3.05) is 4.90 Å². The lowest BCUT2D eigenvalue weighted by Crippen LogP contribution is -2.30. The Hall–Kier alpha value is -2.43. The van der Waals surface area contributed by atoms with Crippen LogP contribution in [-0.4, -0.2) is 17.8 Å². The highest BCUT2D eigenvalue weighted by atomic mass is 16.5. The number of amides is 2. The van der Waals surface area contributed by atoms with E-state index in [0.29, 0.717) is 30.7 Å². The summed E-state index contributed by atoms with van der Waals surface area (Å²) in [6, 6.07) is 6.61. The van der Waals surface area contributed by atoms with Crippen molar-refractivity contribution in [1.82, 2.24) is 0 Å². The molecule has 2 aliphatic rings. The zero-order valence-corrected chi connectivity index (χ0v) is 15.1. The second kappa shape index (κ2) is 8.30. The summed E-state index contributed by atoms with van der Waals surface area (Å²) in [5.41, 5.74) is 0.539. The molecule has 0 N–H and O–H groups in total. The van der Waals surface area contributed by atoms with Crippen molar-refractivity contribution in [2.45, 2.75) is 51.9 Å². The molecule has 1 aliphatic carbocycles. The molecule has 26 heavy (non-hydrogen) atoms. The number of ether oxygens (including phenoxy) is 1. The second-order valence-electron chi connectivity index (χ2n) is 6.95. The third-order valence-electron chi connectivity index (χ3n) is 5.07. The zero-order valence-electron chi connectivity index (χ0n) is 15.1. The molecule has 1 fully saturated rings. The van der Waals surface area contributed by atoms with Gasteiger partial charge in [0.15, 0.2) is 0 Å². The molecule has 1 aliphatic heterocycles. The van der Waals surface area contributed by atoms with E-state index in [0.717, 1.165) is 25.7 Å². The second-order valence-corrected chi connectivity index (χ2v) is 6.95. The maximum atomic E-state index is 12.6. The van der Waals surface area contributed by atoms with Gasteiger partial charge in [0.05, 0.1) is 17.5 Å². The van der Waals surface area contributed by atoms with Crippen LogP contribution < -0.4 is 9.64 Å². The molecule has 0 unspecified atom stereocenters. The summed E-state index contributed by atoms with van der Waals surface area (Å²) >= 11 is 0. The van der Waals surface area contributed by atoms with Crippen LogP contribution in [0.3, 0.4) is 0 Å². The predicted octanol–water partition coefficient (Wildman–Crippen LogP) is 4.02. The lowest BCUT2D eigenvalue weighted by atomic mass is 9.85. The first-order chi connectivity index (χ1) is 12.6. The molecule has 138 valence electrons. The van der Waals surface area contributed by atoms with E-state index in [-0.39, 0.29) is 29.6 Å². The van der Waals surface area contributed by atoms with Crippen LogP contribution in [0.15, 0.2) is 36.4 Å². The number of fused-ring (bicyclic) bond motifs is 1. The molecule has 0 radical (unpaired) electrons. The molecule has 0 bridgehead atoms. The van der Waals surface area contributed by atoms with E-state index < -0.39 is 0 Å². The third kappa shape index (κ3) is 3.87. The first kappa shape index (κ1) is 18.4. The molecular weight excluding hydrogens is 330 g/mol. The number of carbonyl (C=O) groups is 3. The lowest BCUT2D eigenvalue weighted by Gasteiger charge is -2.15. The molecule has 2 amide bonds. The Morgan fingerprint density at radius 3 is 2.19 bits per heavy atom. The molecule has 0 saturated carbocycles. The van der Waals surface area contributed by atoms with Gasteiger partial charge in [0.25, 0.3) is 0 Å². The van der Waals surface area contributed by atoms with Crippen molar-refractivity contribution < 1.29 is 19.1 Å². The number of carbonyl (C=O) groups excluding carboxylic acids is 3. The molecule has 1 heterocycles. The largest absolute Gasteiger partial charge is 0.427 e. The third-order valence-corrected chi connectivity index (χ3v) is 5.07. The summed E-state index contributed by atoms with van der Waals surface area (Å²) < 4.78 is 5.32. The number of unbranched alkanes of at least 4 members (excludes halogenated alkanes) is 3. The average molecular weight is 355 g/mol. The fourth-order valence-electron chi connectivity index (χ4n) is 3.60. The van der Waals surface area contributed by atoms with Gasteiger partial charge < -0.3 is 4.74 Å². The number of allylic oxidation sites excluding steroid dienone is 2. The fraction of sp³-hybridized carbons (Fsp3) is 0.476. The van der Waals surface area contributed by atoms with Crippen molar-refractivity contribution in [3.63, 3.8) is 0 Å². The number of rotatable bonds is 7. The average Bonchev–Trinajstić information content (AvgIpc) is 2.91. The Morgan fingerprint density at radius 1 is 1.00 bits per heavy atom. The lowest BCUT2D eigenvalue weighted by molar-refractivity contribution is -0.134. The van der Waals surface area contributed by atoms with E-state index in [9.17, 15) is 14.4 Å². The fourth-order valence-corrected chi connectivity index (χ4v) is 3.60. The summed E-state index contributed by atoms with van der Waals surface area (Å²) in [6.45, 7) is 2.13. The van der Waals surface area contributed by atoms with Crippen LogP contribution in [-0.2, 0) is 14.4 Å². The van der Waals surface area contributed by atoms with Gasteiger partial charge in [-0.2, -0.15) is 0 Å². The Labute approximate surface area is 154 Å². The van der Waals surface area contributed by atoms with Crippen molar-refractivity contribution in [1.29, 1.82) is 0 Å². The molecule has 1 saturated heterocycles. The van der Waals surface area contributed by atoms with Crippen LogP contribution in [0.4, 0.5) is 5.69 Å². The highest BCUT2D eigenvalue weighted by Crippen LogP contribution is 2.37. The molecule has 5 heteroatoms. The SMILES string of the molecule is CCCCCCC(=O)Oc1ccc(N2C(=O)[C@H]3CC=CC[C@@H]3C2=O)cc1. The van der Waals surface area contributed by atoms with E-state index in [4.69, 9.17) is 4.74 Å². The Kier molecular flexibility index (Phi) is 5.86. The van der Waals surface area contributed by atoms with E-state index >= 15 is 0 Å². The van der Waals surface area contributed by atoms with E-state index in [2.05, 4.69) is 6.92 Å². The number of esters is 1. The number of nitrogens with zero attached hydrogens (tertiary/aromatic N) is 1. The monoisotopic (exact) mass is 355 g/mol. The molecule has 2 atom stereocenters. The van der Waals surface area contributed by atoms with Gasteiger partial charge in [-0.1, -0.05) is 38.3 Å². The van der Waals surface area contributed by atoms with Gasteiger partial charge in [-0.15, -0.1) is 0 Å². The summed E-state index contributed by atoms with van der Waals surface area (Å²) in [7, 11) is 0. The number of imide groups is 1.